The fourth-order valence-corrected chi connectivity index (χ4v) is 4.98. The van der Waals surface area contributed by atoms with Gasteiger partial charge in [-0.15, -0.1) is 0 Å². The summed E-state index contributed by atoms with van der Waals surface area (Å²) in [6.07, 6.45) is 0. The van der Waals surface area contributed by atoms with Crippen molar-refractivity contribution < 1.29 is 26.3 Å². The molecule has 1 aliphatic rings. The molecule has 1 heterocycles. The lowest BCUT2D eigenvalue weighted by molar-refractivity contribution is 0.171. The number of rotatable bonds is 6. The molecule has 2 aromatic rings. The van der Waals surface area contributed by atoms with Gasteiger partial charge in [-0.05, 0) is 50.2 Å². The van der Waals surface area contributed by atoms with E-state index in [1.807, 2.05) is 0 Å². The molecule has 152 valence electrons. The van der Waals surface area contributed by atoms with E-state index in [1.54, 1.807) is 19.9 Å². The molecule has 28 heavy (non-hydrogen) atoms. The van der Waals surface area contributed by atoms with Crippen LogP contribution in [0.5, 0.6) is 11.5 Å². The van der Waals surface area contributed by atoms with E-state index in [0.717, 1.165) is 0 Å². The van der Waals surface area contributed by atoms with Crippen molar-refractivity contribution in [3.05, 3.63) is 42.5 Å². The number of hydrogen-bond acceptors (Lipinski definition) is 6. The molecule has 0 saturated heterocycles. The molecule has 0 spiro atoms. The second-order valence-electron chi connectivity index (χ2n) is 6.55. The normalized spacial score (nSPS) is 14.3. The number of sulfonamides is 2. The van der Waals surface area contributed by atoms with Crippen LogP contribution in [0.3, 0.4) is 0 Å². The van der Waals surface area contributed by atoms with Crippen molar-refractivity contribution in [2.24, 2.45) is 0 Å². The molecule has 0 aliphatic carbocycles. The first-order valence-electron chi connectivity index (χ1n) is 8.62. The van der Waals surface area contributed by atoms with Gasteiger partial charge >= 0.3 is 0 Å². The van der Waals surface area contributed by atoms with Gasteiger partial charge in [-0.2, -0.15) is 4.31 Å². The first-order chi connectivity index (χ1) is 13.1. The summed E-state index contributed by atoms with van der Waals surface area (Å²) in [7, 11) is -6.01. The van der Waals surface area contributed by atoms with E-state index < -0.39 is 20.0 Å². The van der Waals surface area contributed by atoms with Crippen molar-refractivity contribution in [2.45, 2.75) is 29.7 Å². The summed E-state index contributed by atoms with van der Waals surface area (Å²) in [5.41, 5.74) is 0.251. The molecule has 0 aromatic heterocycles. The van der Waals surface area contributed by atoms with Gasteiger partial charge in [0.1, 0.15) is 13.2 Å². The predicted molar refractivity (Wildman–Crippen MR) is 105 cm³/mol. The van der Waals surface area contributed by atoms with Gasteiger partial charge < -0.3 is 9.47 Å². The van der Waals surface area contributed by atoms with Gasteiger partial charge in [-0.3, -0.25) is 4.72 Å². The Morgan fingerprint density at radius 2 is 1.46 bits per heavy atom. The summed E-state index contributed by atoms with van der Waals surface area (Å²) >= 11 is 0. The summed E-state index contributed by atoms with van der Waals surface area (Å²) in [5, 5.41) is 0. The van der Waals surface area contributed by atoms with Crippen LogP contribution in [0.1, 0.15) is 13.8 Å². The van der Waals surface area contributed by atoms with Gasteiger partial charge in [-0.1, -0.05) is 0 Å². The summed E-state index contributed by atoms with van der Waals surface area (Å²) in [6, 6.07) is 9.73. The molecular weight excluding hydrogens is 404 g/mol. The molecule has 10 heteroatoms. The maximum atomic E-state index is 12.6. The third-order valence-corrected chi connectivity index (χ3v) is 7.76. The van der Waals surface area contributed by atoms with Crippen molar-refractivity contribution in [3.8, 4) is 11.5 Å². The number of ether oxygens (including phenoxy) is 2. The van der Waals surface area contributed by atoms with Crippen LogP contribution in [-0.2, 0) is 20.0 Å². The number of hydrogen-bond donors (Lipinski definition) is 1. The van der Waals surface area contributed by atoms with Crippen molar-refractivity contribution in [1.82, 2.24) is 4.31 Å². The number of fused-ring (bicyclic) bond motifs is 1. The average Bonchev–Trinajstić information content (AvgIpc) is 2.67. The van der Waals surface area contributed by atoms with Crippen molar-refractivity contribution in [2.75, 3.05) is 25.0 Å². The number of anilines is 1. The Labute approximate surface area is 165 Å². The topological polar surface area (TPSA) is 102 Å². The zero-order chi connectivity index (χ0) is 20.5. The quantitative estimate of drug-likeness (QED) is 0.760. The molecule has 0 atom stereocenters. The number of nitrogens with zero attached hydrogens (tertiary/aromatic N) is 1. The van der Waals surface area contributed by atoms with E-state index in [4.69, 9.17) is 9.47 Å². The molecule has 0 unspecified atom stereocenters. The minimum absolute atomic E-state index is 0.0213. The standard InChI is InChI=1S/C18H22N2O6S2/c1-13(2)20(3)28(23,24)15-6-4-14(5-7-15)19-27(21,22)16-8-9-17-18(12-16)26-11-10-25-17/h4-9,12-13,19H,10-11H2,1-3H3. The predicted octanol–water partition coefficient (Wildman–Crippen LogP) is 2.29. The van der Waals surface area contributed by atoms with Crippen molar-refractivity contribution in [1.29, 1.82) is 0 Å². The molecule has 3 rings (SSSR count). The Morgan fingerprint density at radius 3 is 2.07 bits per heavy atom. The summed E-state index contributed by atoms with van der Waals surface area (Å²) < 4.78 is 64.7. The first-order valence-corrected chi connectivity index (χ1v) is 11.5. The summed E-state index contributed by atoms with van der Waals surface area (Å²) in [4.78, 5) is 0.110. The number of benzene rings is 2. The first kappa shape index (κ1) is 20.4. The molecule has 0 amide bonds. The van der Waals surface area contributed by atoms with Gasteiger partial charge in [0, 0.05) is 24.8 Å². The minimum atomic E-state index is -3.87. The van der Waals surface area contributed by atoms with Crippen LogP contribution in [-0.4, -0.2) is 47.4 Å². The van der Waals surface area contributed by atoms with Crippen molar-refractivity contribution >= 4 is 25.7 Å². The van der Waals surface area contributed by atoms with Gasteiger partial charge in [0.2, 0.25) is 10.0 Å². The maximum Gasteiger partial charge on any atom is 0.262 e. The molecule has 1 N–H and O–H groups in total. The molecule has 0 bridgehead atoms. The zero-order valence-electron chi connectivity index (χ0n) is 15.7. The third kappa shape index (κ3) is 4.08. The molecule has 2 aromatic carbocycles. The maximum absolute atomic E-state index is 12.6. The highest BCUT2D eigenvalue weighted by molar-refractivity contribution is 7.92. The van der Waals surface area contributed by atoms with Crippen LogP contribution in [0.2, 0.25) is 0 Å². The smallest absolute Gasteiger partial charge is 0.262 e. The Balaban J connectivity index is 1.82. The second-order valence-corrected chi connectivity index (χ2v) is 10.2. The Hall–Kier alpha value is -2.30. The van der Waals surface area contributed by atoms with E-state index in [0.29, 0.717) is 24.7 Å². The summed E-state index contributed by atoms with van der Waals surface area (Å²) in [5.74, 6) is 0.862. The zero-order valence-corrected chi connectivity index (χ0v) is 17.4. The van der Waals surface area contributed by atoms with E-state index in [1.165, 1.54) is 47.8 Å². The Morgan fingerprint density at radius 1 is 0.893 bits per heavy atom. The number of nitrogens with one attached hydrogen (secondary N) is 1. The fourth-order valence-electron chi connectivity index (χ4n) is 2.54. The van der Waals surface area contributed by atoms with Crippen molar-refractivity contribution in [3.63, 3.8) is 0 Å². The molecule has 8 nitrogen and oxygen atoms in total. The Bertz CT molecular complexity index is 1060. The van der Waals surface area contributed by atoms with Crippen LogP contribution >= 0.6 is 0 Å². The van der Waals surface area contributed by atoms with E-state index in [9.17, 15) is 16.8 Å². The molecule has 0 fully saturated rings. The van der Waals surface area contributed by atoms with E-state index in [2.05, 4.69) is 4.72 Å². The Kier molecular flexibility index (Phi) is 5.55. The van der Waals surface area contributed by atoms with E-state index >= 15 is 0 Å². The van der Waals surface area contributed by atoms with Crippen LogP contribution in [0.15, 0.2) is 52.3 Å². The monoisotopic (exact) mass is 426 g/mol. The SMILES string of the molecule is CC(C)N(C)S(=O)(=O)c1ccc(NS(=O)(=O)c2ccc3c(c2)OCCO3)cc1. The molecular formula is C18H22N2O6S2. The van der Waals surface area contributed by atoms with Crippen LogP contribution in [0, 0.1) is 0 Å². The lowest BCUT2D eigenvalue weighted by Crippen LogP contribution is -2.33. The highest BCUT2D eigenvalue weighted by atomic mass is 32.2. The van der Waals surface area contributed by atoms with Gasteiger partial charge in [0.05, 0.1) is 9.79 Å². The average molecular weight is 427 g/mol. The molecule has 0 radical (unpaired) electrons. The largest absolute Gasteiger partial charge is 0.486 e. The lowest BCUT2D eigenvalue weighted by Gasteiger charge is -2.21. The van der Waals surface area contributed by atoms with Crippen LogP contribution in [0.4, 0.5) is 5.69 Å². The van der Waals surface area contributed by atoms with Crippen LogP contribution in [0.25, 0.3) is 0 Å². The van der Waals surface area contributed by atoms with Gasteiger partial charge in [0.15, 0.2) is 11.5 Å². The second kappa shape index (κ2) is 7.61. The molecule has 0 saturated carbocycles. The van der Waals surface area contributed by atoms with E-state index in [-0.39, 0.29) is 21.5 Å². The minimum Gasteiger partial charge on any atom is -0.486 e. The summed E-state index contributed by atoms with van der Waals surface area (Å²) in [6.45, 7) is 4.31. The molecule has 1 aliphatic heterocycles. The fraction of sp³-hybridized carbons (Fsp3) is 0.333. The lowest BCUT2D eigenvalue weighted by atomic mass is 10.3. The van der Waals surface area contributed by atoms with Gasteiger partial charge in [-0.25, -0.2) is 16.8 Å². The van der Waals surface area contributed by atoms with Gasteiger partial charge in [0.25, 0.3) is 10.0 Å². The third-order valence-electron chi connectivity index (χ3n) is 4.33. The van der Waals surface area contributed by atoms with Crippen LogP contribution < -0.4 is 14.2 Å². The highest BCUT2D eigenvalue weighted by Gasteiger charge is 2.24. The highest BCUT2D eigenvalue weighted by Crippen LogP contribution is 2.32.